The topological polar surface area (TPSA) is 78.3 Å². The number of benzene rings is 3. The maximum atomic E-state index is 12.3. The van der Waals surface area contributed by atoms with Gasteiger partial charge in [0.25, 0.3) is 5.91 Å². The van der Waals surface area contributed by atoms with E-state index in [1.807, 2.05) is 61.5 Å². The molecule has 0 aliphatic carbocycles. The van der Waals surface area contributed by atoms with Crippen molar-refractivity contribution in [2.24, 2.45) is 0 Å². The molecule has 0 fully saturated rings. The molecule has 0 bridgehead atoms. The number of nitrogens with zero attached hydrogens (tertiary/aromatic N) is 3. The minimum atomic E-state index is -0.238. The molecule has 7 nitrogen and oxygen atoms in total. The number of rotatable bonds is 8. The van der Waals surface area contributed by atoms with Gasteiger partial charge in [-0.25, -0.2) is 0 Å². The van der Waals surface area contributed by atoms with Gasteiger partial charge in [-0.15, -0.1) is 10.2 Å². The van der Waals surface area contributed by atoms with Gasteiger partial charge in [0, 0.05) is 5.69 Å². The van der Waals surface area contributed by atoms with Gasteiger partial charge in [-0.05, 0) is 73.5 Å². The summed E-state index contributed by atoms with van der Waals surface area (Å²) in [7, 11) is 0. The van der Waals surface area contributed by atoms with Gasteiger partial charge in [0.15, 0.2) is 6.61 Å². The highest BCUT2D eigenvalue weighted by Crippen LogP contribution is 2.19. The van der Waals surface area contributed by atoms with Crippen LogP contribution in [0.15, 0.2) is 66.7 Å². The van der Waals surface area contributed by atoms with Crippen LogP contribution < -0.4 is 14.8 Å². The van der Waals surface area contributed by atoms with E-state index in [1.54, 1.807) is 16.9 Å². The van der Waals surface area contributed by atoms with Crippen molar-refractivity contribution < 1.29 is 14.3 Å². The van der Waals surface area contributed by atoms with Crippen molar-refractivity contribution in [3.8, 4) is 17.2 Å². The molecule has 0 saturated carbocycles. The molecular formula is C24H24N4O3. The largest absolute Gasteiger partial charge is 0.494 e. The predicted molar refractivity (Wildman–Crippen MR) is 120 cm³/mol. The Bertz CT molecular complexity index is 1170. The first-order valence-electron chi connectivity index (χ1n) is 10.3. The molecule has 4 aromatic rings. The van der Waals surface area contributed by atoms with Crippen molar-refractivity contribution in [2.45, 2.75) is 20.3 Å². The van der Waals surface area contributed by atoms with Crippen LogP contribution in [0.1, 0.15) is 19.4 Å². The summed E-state index contributed by atoms with van der Waals surface area (Å²) in [6.45, 7) is 4.59. The van der Waals surface area contributed by atoms with Crippen molar-refractivity contribution in [2.75, 3.05) is 18.5 Å². The Labute approximate surface area is 180 Å². The summed E-state index contributed by atoms with van der Waals surface area (Å²) in [5, 5.41) is 11.9. The van der Waals surface area contributed by atoms with E-state index in [-0.39, 0.29) is 12.5 Å². The van der Waals surface area contributed by atoms with Gasteiger partial charge in [-0.1, -0.05) is 19.1 Å². The zero-order chi connectivity index (χ0) is 21.6. The minimum Gasteiger partial charge on any atom is -0.494 e. The van der Waals surface area contributed by atoms with Crippen molar-refractivity contribution in [1.82, 2.24) is 15.0 Å². The van der Waals surface area contributed by atoms with Crippen LogP contribution in [0.4, 0.5) is 5.69 Å². The average molecular weight is 416 g/mol. The molecule has 1 amide bonds. The second kappa shape index (κ2) is 9.30. The number of ether oxygens (including phenoxy) is 2. The standard InChI is InChI=1S/C24H24N4O3/c1-3-17-5-10-21(11-6-17)31-16-24(29)25-18-7-14-22-23(15-18)27-28(26-22)19-8-12-20(13-9-19)30-4-2/h5-15H,3-4,16H2,1-2H3,(H,25,29). The molecule has 0 aliphatic heterocycles. The summed E-state index contributed by atoms with van der Waals surface area (Å²) in [5.41, 5.74) is 4.11. The van der Waals surface area contributed by atoms with Crippen LogP contribution in [0, 0.1) is 0 Å². The van der Waals surface area contributed by atoms with E-state index in [0.29, 0.717) is 23.6 Å². The Balaban J connectivity index is 1.40. The fourth-order valence-electron chi connectivity index (χ4n) is 3.12. The van der Waals surface area contributed by atoms with E-state index in [2.05, 4.69) is 22.4 Å². The van der Waals surface area contributed by atoms with E-state index < -0.39 is 0 Å². The van der Waals surface area contributed by atoms with Crippen LogP contribution in [-0.2, 0) is 11.2 Å². The lowest BCUT2D eigenvalue weighted by atomic mass is 10.2. The molecule has 7 heteroatoms. The number of aryl methyl sites for hydroxylation is 1. The quantitative estimate of drug-likeness (QED) is 0.461. The van der Waals surface area contributed by atoms with Crippen LogP contribution in [0.25, 0.3) is 16.7 Å². The predicted octanol–water partition coefficient (Wildman–Crippen LogP) is 4.40. The molecule has 1 heterocycles. The Morgan fingerprint density at radius 1 is 0.871 bits per heavy atom. The molecule has 31 heavy (non-hydrogen) atoms. The van der Waals surface area contributed by atoms with E-state index in [9.17, 15) is 4.79 Å². The van der Waals surface area contributed by atoms with Crippen LogP contribution >= 0.6 is 0 Å². The lowest BCUT2D eigenvalue weighted by Gasteiger charge is -2.08. The van der Waals surface area contributed by atoms with Crippen molar-refractivity contribution in [3.05, 3.63) is 72.3 Å². The SMILES string of the molecule is CCOc1ccc(-n2nc3ccc(NC(=O)COc4ccc(CC)cc4)cc3n2)cc1. The molecule has 3 aromatic carbocycles. The van der Waals surface area contributed by atoms with E-state index in [1.165, 1.54) is 5.56 Å². The maximum absolute atomic E-state index is 12.3. The molecule has 1 aromatic heterocycles. The first-order valence-corrected chi connectivity index (χ1v) is 10.3. The third kappa shape index (κ3) is 5.01. The van der Waals surface area contributed by atoms with Crippen molar-refractivity contribution in [3.63, 3.8) is 0 Å². The normalized spacial score (nSPS) is 10.8. The zero-order valence-corrected chi connectivity index (χ0v) is 17.5. The third-order valence-electron chi connectivity index (χ3n) is 4.74. The molecule has 4 rings (SSSR count). The number of hydrogen-bond acceptors (Lipinski definition) is 5. The van der Waals surface area contributed by atoms with E-state index in [0.717, 1.165) is 23.4 Å². The number of carbonyl (C=O) groups is 1. The lowest BCUT2D eigenvalue weighted by molar-refractivity contribution is -0.118. The highest BCUT2D eigenvalue weighted by molar-refractivity contribution is 5.93. The summed E-state index contributed by atoms with van der Waals surface area (Å²) in [6, 6.07) is 20.7. The lowest BCUT2D eigenvalue weighted by Crippen LogP contribution is -2.20. The van der Waals surface area contributed by atoms with Gasteiger partial charge in [0.2, 0.25) is 0 Å². The summed E-state index contributed by atoms with van der Waals surface area (Å²) in [4.78, 5) is 13.8. The Kier molecular flexibility index (Phi) is 6.12. The fraction of sp³-hybridized carbons (Fsp3) is 0.208. The summed E-state index contributed by atoms with van der Waals surface area (Å²) in [6.07, 6.45) is 0.965. The van der Waals surface area contributed by atoms with Gasteiger partial charge in [-0.2, -0.15) is 4.80 Å². The van der Waals surface area contributed by atoms with E-state index in [4.69, 9.17) is 9.47 Å². The first kappa shape index (κ1) is 20.4. The van der Waals surface area contributed by atoms with Crippen LogP contribution in [0.2, 0.25) is 0 Å². The fourth-order valence-corrected chi connectivity index (χ4v) is 3.12. The Morgan fingerprint density at radius 2 is 1.55 bits per heavy atom. The second-order valence-electron chi connectivity index (χ2n) is 6.95. The molecule has 158 valence electrons. The number of anilines is 1. The molecular weight excluding hydrogens is 392 g/mol. The monoisotopic (exact) mass is 416 g/mol. The summed E-state index contributed by atoms with van der Waals surface area (Å²) < 4.78 is 11.0. The summed E-state index contributed by atoms with van der Waals surface area (Å²) >= 11 is 0. The number of aromatic nitrogens is 3. The number of amides is 1. The maximum Gasteiger partial charge on any atom is 0.262 e. The number of hydrogen-bond donors (Lipinski definition) is 1. The zero-order valence-electron chi connectivity index (χ0n) is 17.5. The first-order chi connectivity index (χ1) is 15.1. The van der Waals surface area contributed by atoms with Crippen LogP contribution in [0.3, 0.4) is 0 Å². The van der Waals surface area contributed by atoms with Crippen molar-refractivity contribution in [1.29, 1.82) is 0 Å². The molecule has 0 radical (unpaired) electrons. The van der Waals surface area contributed by atoms with Gasteiger partial charge in [-0.3, -0.25) is 4.79 Å². The highest BCUT2D eigenvalue weighted by atomic mass is 16.5. The average Bonchev–Trinajstić information content (AvgIpc) is 3.22. The molecule has 0 unspecified atom stereocenters. The second-order valence-corrected chi connectivity index (χ2v) is 6.95. The molecule has 0 atom stereocenters. The third-order valence-corrected chi connectivity index (χ3v) is 4.74. The van der Waals surface area contributed by atoms with E-state index >= 15 is 0 Å². The highest BCUT2D eigenvalue weighted by Gasteiger charge is 2.09. The molecule has 0 saturated heterocycles. The van der Waals surface area contributed by atoms with Gasteiger partial charge in [0.1, 0.15) is 22.5 Å². The van der Waals surface area contributed by atoms with Gasteiger partial charge >= 0.3 is 0 Å². The van der Waals surface area contributed by atoms with Gasteiger partial charge in [0.05, 0.1) is 12.3 Å². The van der Waals surface area contributed by atoms with Crippen LogP contribution in [0.5, 0.6) is 11.5 Å². The smallest absolute Gasteiger partial charge is 0.262 e. The summed E-state index contributed by atoms with van der Waals surface area (Å²) in [5.74, 6) is 1.23. The molecule has 1 N–H and O–H groups in total. The number of nitrogens with one attached hydrogen (secondary N) is 1. The number of fused-ring (bicyclic) bond motifs is 1. The molecule has 0 aliphatic rings. The van der Waals surface area contributed by atoms with Crippen LogP contribution in [-0.4, -0.2) is 34.1 Å². The minimum absolute atomic E-state index is 0.0671. The Morgan fingerprint density at radius 3 is 2.26 bits per heavy atom. The number of carbonyl (C=O) groups excluding carboxylic acids is 1. The van der Waals surface area contributed by atoms with Crippen molar-refractivity contribution >= 4 is 22.6 Å². The van der Waals surface area contributed by atoms with Gasteiger partial charge < -0.3 is 14.8 Å². The molecule has 0 spiro atoms. The Hall–Kier alpha value is -3.87.